The number of aromatic nitrogens is 3. The summed E-state index contributed by atoms with van der Waals surface area (Å²) < 4.78 is 2.17. The molecule has 1 N–H and O–H groups in total. The van der Waals surface area contributed by atoms with Crippen LogP contribution in [0, 0.1) is 18.3 Å². The molecule has 8 nitrogen and oxygen atoms in total. The highest BCUT2D eigenvalue weighted by molar-refractivity contribution is 6.30. The van der Waals surface area contributed by atoms with E-state index in [0.717, 1.165) is 35.6 Å². The molecular formula is C32H30ClN7O. The van der Waals surface area contributed by atoms with Gasteiger partial charge in [0.1, 0.15) is 5.82 Å². The predicted octanol–water partition coefficient (Wildman–Crippen LogP) is 6.00. The van der Waals surface area contributed by atoms with Gasteiger partial charge in [-0.15, -0.1) is 0 Å². The van der Waals surface area contributed by atoms with E-state index in [1.165, 1.54) is 11.1 Å². The van der Waals surface area contributed by atoms with E-state index in [4.69, 9.17) is 21.8 Å². The average molecular weight is 564 g/mol. The largest absolute Gasteiger partial charge is 0.335 e. The number of allylic oxidation sites excluding steroid dienone is 1. The van der Waals surface area contributed by atoms with E-state index in [1.807, 2.05) is 48.6 Å². The Labute approximate surface area is 244 Å². The molecule has 6 rings (SSSR count). The van der Waals surface area contributed by atoms with E-state index in [2.05, 4.69) is 44.0 Å². The highest BCUT2D eigenvalue weighted by Crippen LogP contribution is 2.41. The van der Waals surface area contributed by atoms with Crippen molar-refractivity contribution in [3.63, 3.8) is 0 Å². The van der Waals surface area contributed by atoms with E-state index in [-0.39, 0.29) is 12.1 Å². The minimum atomic E-state index is -0.139. The van der Waals surface area contributed by atoms with Crippen molar-refractivity contribution in [2.24, 2.45) is 0 Å². The Bertz CT molecular complexity index is 1650. The van der Waals surface area contributed by atoms with Gasteiger partial charge in [-0.3, -0.25) is 9.88 Å². The molecular weight excluding hydrogens is 534 g/mol. The van der Waals surface area contributed by atoms with Crippen molar-refractivity contribution in [3.8, 4) is 6.07 Å². The fraction of sp³-hybridized carbons (Fsp3) is 0.250. The number of nitrogens with zero attached hydrogens (tertiary/aromatic N) is 6. The van der Waals surface area contributed by atoms with Crippen molar-refractivity contribution in [2.45, 2.75) is 25.9 Å². The smallest absolute Gasteiger partial charge is 0.321 e. The van der Waals surface area contributed by atoms with E-state index in [0.29, 0.717) is 42.5 Å². The van der Waals surface area contributed by atoms with Crippen LogP contribution in [-0.4, -0.2) is 56.5 Å². The summed E-state index contributed by atoms with van der Waals surface area (Å²) in [6.07, 6.45) is 8.81. The number of carbonyl (C=O) groups excluding carboxylic acids is 1. The fourth-order valence-corrected chi connectivity index (χ4v) is 5.89. The Kier molecular flexibility index (Phi) is 7.55. The van der Waals surface area contributed by atoms with Crippen LogP contribution in [0.25, 0.3) is 11.6 Å². The molecule has 1 saturated heterocycles. The second-order valence-electron chi connectivity index (χ2n) is 10.3. The summed E-state index contributed by atoms with van der Waals surface area (Å²) in [5.74, 6) is 0.994. The first-order chi connectivity index (χ1) is 20.0. The van der Waals surface area contributed by atoms with Gasteiger partial charge in [-0.25, -0.2) is 9.78 Å². The van der Waals surface area contributed by atoms with Crippen LogP contribution in [0.5, 0.6) is 0 Å². The van der Waals surface area contributed by atoms with Crippen molar-refractivity contribution in [3.05, 3.63) is 112 Å². The second kappa shape index (κ2) is 11.6. The lowest BCUT2D eigenvalue weighted by atomic mass is 9.95. The molecule has 9 heteroatoms. The maximum atomic E-state index is 13.0. The molecule has 2 aromatic carbocycles. The molecule has 0 saturated carbocycles. The minimum Gasteiger partial charge on any atom is -0.335 e. The number of hydrogen-bond donors (Lipinski definition) is 1. The van der Waals surface area contributed by atoms with Crippen molar-refractivity contribution < 1.29 is 4.79 Å². The first-order valence-electron chi connectivity index (χ1n) is 13.7. The van der Waals surface area contributed by atoms with Crippen LogP contribution in [0.4, 0.5) is 10.5 Å². The molecule has 2 aromatic heterocycles. The lowest BCUT2D eigenvalue weighted by Crippen LogP contribution is -2.51. The standard InChI is InChI=1S/C32H30ClN7O/c1-22-35-12-14-38(22)13-10-24-19-25-20-26(33)6-9-29(25)31(30-28(24)3-2-11-36-30)39-15-17-40(18-16-39)32(41)37-27-7-4-23(21-34)5-8-27/h2-9,11-12,14,19-20,31H,10,13,15-18H2,1H3,(H,37,41). The molecule has 4 aromatic rings. The molecule has 206 valence electrons. The van der Waals surface area contributed by atoms with Gasteiger partial charge < -0.3 is 14.8 Å². The van der Waals surface area contributed by atoms with Gasteiger partial charge >= 0.3 is 6.03 Å². The van der Waals surface area contributed by atoms with Gasteiger partial charge in [-0.2, -0.15) is 5.26 Å². The number of carbonyl (C=O) groups is 1. The summed E-state index contributed by atoms with van der Waals surface area (Å²) in [6, 6.07) is 19.1. The molecule has 0 spiro atoms. The Morgan fingerprint density at radius 3 is 2.61 bits per heavy atom. The molecule has 0 bridgehead atoms. The number of aryl methyl sites for hydroxylation is 2. The number of pyridine rings is 1. The van der Waals surface area contributed by atoms with Crippen LogP contribution in [0.2, 0.25) is 5.02 Å². The fourth-order valence-electron chi connectivity index (χ4n) is 5.71. The molecule has 1 fully saturated rings. The number of benzene rings is 2. The van der Waals surface area contributed by atoms with E-state index >= 15 is 0 Å². The summed E-state index contributed by atoms with van der Waals surface area (Å²) in [6.45, 7) is 5.42. The van der Waals surface area contributed by atoms with E-state index in [1.54, 1.807) is 24.3 Å². The zero-order valence-electron chi connectivity index (χ0n) is 22.8. The minimum absolute atomic E-state index is 0.0639. The van der Waals surface area contributed by atoms with Gasteiger partial charge in [-0.1, -0.05) is 29.8 Å². The third-order valence-corrected chi connectivity index (χ3v) is 8.13. The molecule has 41 heavy (non-hydrogen) atoms. The van der Waals surface area contributed by atoms with Gasteiger partial charge in [0, 0.05) is 67.6 Å². The van der Waals surface area contributed by atoms with Crippen molar-refractivity contribution >= 4 is 35.0 Å². The normalized spacial score (nSPS) is 16.7. The number of fused-ring (bicyclic) bond motifs is 2. The third-order valence-electron chi connectivity index (χ3n) is 7.89. The number of amides is 2. The SMILES string of the molecule is Cc1nccn1CCC1=Cc2cc(Cl)ccc2C(N2CCN(C(=O)Nc3ccc(C#N)cc3)CC2)c2ncccc21. The Morgan fingerprint density at radius 2 is 1.88 bits per heavy atom. The zero-order chi connectivity index (χ0) is 28.3. The zero-order valence-corrected chi connectivity index (χ0v) is 23.6. The number of nitrogens with one attached hydrogen (secondary N) is 1. The van der Waals surface area contributed by atoms with Gasteiger partial charge in [0.05, 0.1) is 23.4 Å². The van der Waals surface area contributed by atoms with Crippen LogP contribution in [-0.2, 0) is 6.54 Å². The topological polar surface area (TPSA) is 90.1 Å². The third kappa shape index (κ3) is 5.60. The summed E-state index contributed by atoms with van der Waals surface area (Å²) in [5, 5.41) is 12.7. The molecule has 3 heterocycles. The summed E-state index contributed by atoms with van der Waals surface area (Å²) >= 11 is 6.50. The van der Waals surface area contributed by atoms with Gasteiger partial charge in [-0.05, 0) is 72.5 Å². The highest BCUT2D eigenvalue weighted by atomic mass is 35.5. The van der Waals surface area contributed by atoms with E-state index < -0.39 is 0 Å². The van der Waals surface area contributed by atoms with E-state index in [9.17, 15) is 4.79 Å². The van der Waals surface area contributed by atoms with Gasteiger partial charge in [0.15, 0.2) is 0 Å². The van der Waals surface area contributed by atoms with Crippen LogP contribution in [0.1, 0.15) is 46.2 Å². The van der Waals surface area contributed by atoms with Crippen LogP contribution < -0.4 is 5.32 Å². The number of anilines is 1. The number of piperazine rings is 1. The van der Waals surface area contributed by atoms with Crippen molar-refractivity contribution in [1.82, 2.24) is 24.3 Å². The number of nitriles is 1. The molecule has 1 aliphatic carbocycles. The molecule has 1 unspecified atom stereocenters. The number of hydrogen-bond acceptors (Lipinski definition) is 5. The highest BCUT2D eigenvalue weighted by Gasteiger charge is 2.33. The Hall–Kier alpha value is -4.45. The number of rotatable bonds is 5. The lowest BCUT2D eigenvalue weighted by Gasteiger charge is -2.39. The first kappa shape index (κ1) is 26.8. The summed E-state index contributed by atoms with van der Waals surface area (Å²) in [4.78, 5) is 26.6. The predicted molar refractivity (Wildman–Crippen MR) is 160 cm³/mol. The summed E-state index contributed by atoms with van der Waals surface area (Å²) in [7, 11) is 0. The van der Waals surface area contributed by atoms with Crippen molar-refractivity contribution in [2.75, 3.05) is 31.5 Å². The van der Waals surface area contributed by atoms with Crippen LogP contribution in [0.3, 0.4) is 0 Å². The number of urea groups is 1. The molecule has 2 aliphatic rings. The Morgan fingerprint density at radius 1 is 1.07 bits per heavy atom. The maximum Gasteiger partial charge on any atom is 0.321 e. The summed E-state index contributed by atoms with van der Waals surface area (Å²) in [5.41, 5.74) is 6.88. The molecule has 1 atom stereocenters. The Balaban J connectivity index is 1.25. The van der Waals surface area contributed by atoms with Gasteiger partial charge in [0.25, 0.3) is 0 Å². The average Bonchev–Trinajstić information content (AvgIpc) is 3.35. The maximum absolute atomic E-state index is 13.0. The number of halogens is 1. The molecule has 1 aliphatic heterocycles. The number of imidazole rings is 1. The second-order valence-corrected chi connectivity index (χ2v) is 10.8. The van der Waals surface area contributed by atoms with Crippen molar-refractivity contribution in [1.29, 1.82) is 5.26 Å². The van der Waals surface area contributed by atoms with Crippen LogP contribution in [0.15, 0.2) is 73.2 Å². The lowest BCUT2D eigenvalue weighted by molar-refractivity contribution is 0.125. The molecule has 2 amide bonds. The van der Waals surface area contributed by atoms with Crippen LogP contribution >= 0.6 is 11.6 Å². The molecule has 0 radical (unpaired) electrons. The van der Waals surface area contributed by atoms with Gasteiger partial charge in [0.2, 0.25) is 0 Å². The monoisotopic (exact) mass is 563 g/mol. The first-order valence-corrected chi connectivity index (χ1v) is 14.1. The quantitative estimate of drug-likeness (QED) is 0.322.